The third-order valence-corrected chi connectivity index (χ3v) is 3.08. The highest BCUT2D eigenvalue weighted by Gasteiger charge is 2.21. The van der Waals surface area contributed by atoms with Gasteiger partial charge in [0.2, 0.25) is 0 Å². The molecule has 2 rings (SSSR count). The van der Waals surface area contributed by atoms with Gasteiger partial charge in [0.15, 0.2) is 0 Å². The molecule has 0 saturated heterocycles. The Morgan fingerprint density at radius 3 is 2.50 bits per heavy atom. The Kier molecular flexibility index (Phi) is 3.16. The smallest absolute Gasteiger partial charge is 0.0958 e. The molecule has 0 radical (unpaired) electrons. The van der Waals surface area contributed by atoms with Crippen molar-refractivity contribution in [2.75, 3.05) is 19.0 Å². The van der Waals surface area contributed by atoms with Gasteiger partial charge in [-0.2, -0.15) is 5.10 Å². The van der Waals surface area contributed by atoms with E-state index in [1.165, 1.54) is 11.3 Å². The number of anilines is 1. The van der Waals surface area contributed by atoms with E-state index in [-0.39, 0.29) is 5.41 Å². The summed E-state index contributed by atoms with van der Waals surface area (Å²) in [7, 11) is 4.10. The van der Waals surface area contributed by atoms with Crippen LogP contribution in [0.3, 0.4) is 0 Å². The summed E-state index contributed by atoms with van der Waals surface area (Å²) in [5.41, 5.74) is 4.74. The minimum absolute atomic E-state index is 0.0937. The second kappa shape index (κ2) is 4.48. The minimum Gasteiger partial charge on any atom is -0.378 e. The molecule has 0 fully saturated rings. The molecule has 0 atom stereocenters. The van der Waals surface area contributed by atoms with E-state index in [2.05, 4.69) is 60.1 Å². The fourth-order valence-corrected chi connectivity index (χ4v) is 2.01. The van der Waals surface area contributed by atoms with Crippen LogP contribution >= 0.6 is 0 Å². The second-order valence-corrected chi connectivity index (χ2v) is 5.84. The zero-order chi connectivity index (χ0) is 13.3. The molecule has 1 N–H and O–H groups in total. The predicted octanol–water partition coefficient (Wildman–Crippen LogP) is 3.44. The first-order chi connectivity index (χ1) is 8.39. The molecule has 0 saturated carbocycles. The number of rotatable bonds is 2. The summed E-state index contributed by atoms with van der Waals surface area (Å²) in [5, 5.41) is 7.40. The van der Waals surface area contributed by atoms with Crippen molar-refractivity contribution < 1.29 is 0 Å². The standard InChI is InChI=1S/C15H21N3/c1-15(2,3)13-10-16-17-14(13)11-7-6-8-12(9-11)18(4)5/h6-10H,1-5H3,(H,16,17). The van der Waals surface area contributed by atoms with E-state index in [4.69, 9.17) is 0 Å². The van der Waals surface area contributed by atoms with Crippen LogP contribution in [-0.4, -0.2) is 24.3 Å². The highest BCUT2D eigenvalue weighted by molar-refractivity contribution is 5.68. The first kappa shape index (κ1) is 12.7. The van der Waals surface area contributed by atoms with Gasteiger partial charge in [-0.1, -0.05) is 32.9 Å². The van der Waals surface area contributed by atoms with Crippen molar-refractivity contribution in [2.45, 2.75) is 26.2 Å². The van der Waals surface area contributed by atoms with Crippen molar-refractivity contribution in [3.8, 4) is 11.3 Å². The molecule has 0 bridgehead atoms. The van der Waals surface area contributed by atoms with Crippen LogP contribution in [-0.2, 0) is 5.41 Å². The summed E-state index contributed by atoms with van der Waals surface area (Å²) < 4.78 is 0. The van der Waals surface area contributed by atoms with E-state index in [0.717, 1.165) is 11.3 Å². The van der Waals surface area contributed by atoms with E-state index in [0.29, 0.717) is 0 Å². The maximum absolute atomic E-state index is 4.41. The Hall–Kier alpha value is -1.77. The predicted molar refractivity (Wildman–Crippen MR) is 77.1 cm³/mol. The normalized spacial score (nSPS) is 11.6. The van der Waals surface area contributed by atoms with E-state index < -0.39 is 0 Å². The largest absolute Gasteiger partial charge is 0.378 e. The Balaban J connectivity index is 2.50. The summed E-state index contributed by atoms with van der Waals surface area (Å²) in [6.45, 7) is 6.62. The molecule has 0 aliphatic carbocycles. The maximum Gasteiger partial charge on any atom is 0.0958 e. The van der Waals surface area contributed by atoms with Gasteiger partial charge in [-0.05, 0) is 17.5 Å². The molecule has 96 valence electrons. The lowest BCUT2D eigenvalue weighted by Gasteiger charge is -2.19. The molecule has 0 unspecified atom stereocenters. The van der Waals surface area contributed by atoms with Gasteiger partial charge < -0.3 is 4.90 Å². The molecule has 0 spiro atoms. The van der Waals surface area contributed by atoms with Crippen LogP contribution in [0, 0.1) is 0 Å². The van der Waals surface area contributed by atoms with Gasteiger partial charge in [-0.15, -0.1) is 0 Å². The molecule has 1 aromatic heterocycles. The molecule has 18 heavy (non-hydrogen) atoms. The Morgan fingerprint density at radius 2 is 1.89 bits per heavy atom. The molecule has 0 aliphatic rings. The molecule has 1 aromatic carbocycles. The van der Waals surface area contributed by atoms with Crippen molar-refractivity contribution in [1.29, 1.82) is 0 Å². The quantitative estimate of drug-likeness (QED) is 0.876. The summed E-state index contributed by atoms with van der Waals surface area (Å²) in [4.78, 5) is 2.10. The van der Waals surface area contributed by atoms with Crippen LogP contribution in [0.25, 0.3) is 11.3 Å². The van der Waals surface area contributed by atoms with E-state index in [9.17, 15) is 0 Å². The van der Waals surface area contributed by atoms with Crippen molar-refractivity contribution in [3.63, 3.8) is 0 Å². The van der Waals surface area contributed by atoms with E-state index >= 15 is 0 Å². The molecule has 1 heterocycles. The zero-order valence-electron chi connectivity index (χ0n) is 11.8. The Labute approximate surface area is 109 Å². The van der Waals surface area contributed by atoms with Gasteiger partial charge in [0.05, 0.1) is 5.69 Å². The topological polar surface area (TPSA) is 31.9 Å². The number of aromatic nitrogens is 2. The van der Waals surface area contributed by atoms with Crippen LogP contribution in [0.4, 0.5) is 5.69 Å². The van der Waals surface area contributed by atoms with Crippen LogP contribution in [0.1, 0.15) is 26.3 Å². The van der Waals surface area contributed by atoms with Crippen LogP contribution in [0.2, 0.25) is 0 Å². The van der Waals surface area contributed by atoms with Crippen molar-refractivity contribution >= 4 is 5.69 Å². The Bertz CT molecular complexity index is 533. The summed E-state index contributed by atoms with van der Waals surface area (Å²) in [6.07, 6.45) is 2.00. The van der Waals surface area contributed by atoms with Crippen LogP contribution in [0.5, 0.6) is 0 Å². The lowest BCUT2D eigenvalue weighted by Crippen LogP contribution is -2.11. The molecule has 3 nitrogen and oxygen atoms in total. The van der Waals surface area contributed by atoms with Gasteiger partial charge in [-0.3, -0.25) is 5.10 Å². The average Bonchev–Trinajstić information content (AvgIpc) is 2.77. The SMILES string of the molecule is CN(C)c1cccc(-c2n[nH]cc2C(C)(C)C)c1. The van der Waals surface area contributed by atoms with Gasteiger partial charge in [0, 0.05) is 37.1 Å². The first-order valence-electron chi connectivity index (χ1n) is 6.21. The number of nitrogens with one attached hydrogen (secondary N) is 1. The van der Waals surface area contributed by atoms with Crippen LogP contribution < -0.4 is 4.90 Å². The third kappa shape index (κ3) is 2.40. The number of nitrogens with zero attached hydrogens (tertiary/aromatic N) is 2. The van der Waals surface area contributed by atoms with Crippen molar-refractivity contribution in [1.82, 2.24) is 10.2 Å². The first-order valence-corrected chi connectivity index (χ1v) is 6.21. The van der Waals surface area contributed by atoms with Crippen molar-refractivity contribution in [3.05, 3.63) is 36.0 Å². The summed E-state index contributed by atoms with van der Waals surface area (Å²) >= 11 is 0. The fraction of sp³-hybridized carbons (Fsp3) is 0.400. The zero-order valence-corrected chi connectivity index (χ0v) is 11.8. The molecule has 2 aromatic rings. The fourth-order valence-electron chi connectivity index (χ4n) is 2.01. The maximum atomic E-state index is 4.41. The number of aromatic amines is 1. The van der Waals surface area contributed by atoms with Gasteiger partial charge in [-0.25, -0.2) is 0 Å². The molecular weight excluding hydrogens is 222 g/mol. The summed E-state index contributed by atoms with van der Waals surface area (Å²) in [5.74, 6) is 0. The molecule has 0 amide bonds. The third-order valence-electron chi connectivity index (χ3n) is 3.08. The highest BCUT2D eigenvalue weighted by atomic mass is 15.1. The molecule has 0 aliphatic heterocycles. The highest BCUT2D eigenvalue weighted by Crippen LogP contribution is 2.32. The van der Waals surface area contributed by atoms with Gasteiger partial charge >= 0.3 is 0 Å². The Morgan fingerprint density at radius 1 is 1.17 bits per heavy atom. The molecule has 3 heteroatoms. The summed E-state index contributed by atoms with van der Waals surface area (Å²) in [6, 6.07) is 8.46. The van der Waals surface area contributed by atoms with Gasteiger partial charge in [0.25, 0.3) is 0 Å². The monoisotopic (exact) mass is 243 g/mol. The number of hydrogen-bond donors (Lipinski definition) is 1. The van der Waals surface area contributed by atoms with Gasteiger partial charge in [0.1, 0.15) is 0 Å². The lowest BCUT2D eigenvalue weighted by molar-refractivity contribution is 0.592. The lowest BCUT2D eigenvalue weighted by atomic mass is 9.86. The molecular formula is C15H21N3. The van der Waals surface area contributed by atoms with E-state index in [1.807, 2.05) is 20.3 Å². The number of hydrogen-bond acceptors (Lipinski definition) is 2. The van der Waals surface area contributed by atoms with E-state index in [1.54, 1.807) is 0 Å². The van der Waals surface area contributed by atoms with Crippen LogP contribution in [0.15, 0.2) is 30.5 Å². The second-order valence-electron chi connectivity index (χ2n) is 5.84. The number of benzene rings is 1. The minimum atomic E-state index is 0.0937. The van der Waals surface area contributed by atoms with Crippen molar-refractivity contribution in [2.24, 2.45) is 0 Å². The average molecular weight is 243 g/mol. The number of H-pyrrole nitrogens is 1.